The van der Waals surface area contributed by atoms with Gasteiger partial charge in [0.25, 0.3) is 0 Å². The molecular weight excluding hydrogens is 413 g/mol. The van der Waals surface area contributed by atoms with Gasteiger partial charge in [-0.05, 0) is 6.92 Å². The molecule has 2 rings (SSSR count). The van der Waals surface area contributed by atoms with Gasteiger partial charge in [0.15, 0.2) is 11.7 Å². The molecule has 0 radical (unpaired) electrons. The van der Waals surface area contributed by atoms with Crippen LogP contribution in [-0.2, 0) is 9.53 Å². The van der Waals surface area contributed by atoms with Gasteiger partial charge < -0.3 is 4.74 Å². The number of esters is 1. The number of nitrogens with zero attached hydrogens (tertiary/aromatic N) is 1. The molecule has 2 atom stereocenters. The quantitative estimate of drug-likeness (QED) is 0.140. The van der Waals surface area contributed by atoms with Crippen LogP contribution >= 0.6 is 22.6 Å². The minimum absolute atomic E-state index is 0.0503. The summed E-state index contributed by atoms with van der Waals surface area (Å²) in [7, 11) is 1.14. The summed E-state index contributed by atoms with van der Waals surface area (Å²) < 4.78 is 2.94. The van der Waals surface area contributed by atoms with Crippen LogP contribution in [0.3, 0.4) is 0 Å². The minimum Gasteiger partial charge on any atom is -0.468 e. The zero-order valence-corrected chi connectivity index (χ0v) is 14.6. The van der Waals surface area contributed by atoms with Crippen molar-refractivity contribution in [3.05, 3.63) is 69.3 Å². The topological polar surface area (TPSA) is 86.5 Å². The number of ketones is 1. The second-order valence-corrected chi connectivity index (χ2v) is 6.85. The van der Waals surface area contributed by atoms with Crippen molar-refractivity contribution in [1.82, 2.24) is 0 Å². The normalized spacial score (nSPS) is 23.1. The van der Waals surface area contributed by atoms with Gasteiger partial charge >= 0.3 is 9.51 Å². The maximum absolute atomic E-state index is 12.7. The molecule has 1 aliphatic carbocycles. The molecule has 0 aliphatic heterocycles. The summed E-state index contributed by atoms with van der Waals surface area (Å²) >= 11 is 1.57. The van der Waals surface area contributed by atoms with E-state index in [9.17, 15) is 19.7 Å². The number of methoxy groups -OCH3 is 1. The number of Topliss-reactive ketones (excluding diaryl/α,β-unsaturated/α-hetero) is 1. The van der Waals surface area contributed by atoms with Crippen molar-refractivity contribution in [2.24, 2.45) is 5.92 Å². The van der Waals surface area contributed by atoms with E-state index in [0.717, 1.165) is 12.7 Å². The third kappa shape index (κ3) is 3.19. The lowest BCUT2D eigenvalue weighted by Gasteiger charge is -2.27. The Hall–Kier alpha value is -2.03. The third-order valence-electron chi connectivity index (χ3n) is 3.61. The fourth-order valence-corrected chi connectivity index (χ4v) is 3.15. The predicted octanol–water partition coefficient (Wildman–Crippen LogP) is 2.87. The Balaban J connectivity index is 2.50. The molecule has 1 aromatic carbocycles. The average Bonchev–Trinajstić information content (AvgIpc) is 2.53. The van der Waals surface area contributed by atoms with Crippen molar-refractivity contribution in [2.45, 2.75) is 10.5 Å². The number of nitro groups is 1. The van der Waals surface area contributed by atoms with Gasteiger partial charge in [0.1, 0.15) is 0 Å². The molecule has 0 fully saturated rings. The first kappa shape index (κ1) is 17.3. The highest BCUT2D eigenvalue weighted by Gasteiger charge is 2.55. The number of carbonyl (C=O) groups excluding carboxylic acids is 2. The summed E-state index contributed by atoms with van der Waals surface area (Å²) in [6.07, 6.45) is 4.15. The molecule has 120 valence electrons. The van der Waals surface area contributed by atoms with Gasteiger partial charge in [0.05, 0.1) is 7.11 Å². The SMILES string of the molecule is COC(=O)C1C(C(=O)c2ccc(C)cc2)=CC=CC1(I)[N+](=O)[O-]. The third-order valence-corrected chi connectivity index (χ3v) is 4.99. The highest BCUT2D eigenvalue weighted by Crippen LogP contribution is 2.40. The summed E-state index contributed by atoms with van der Waals surface area (Å²) in [5.74, 6) is -2.54. The summed E-state index contributed by atoms with van der Waals surface area (Å²) in [4.78, 5) is 35.7. The maximum atomic E-state index is 12.7. The number of benzene rings is 1. The fraction of sp³-hybridized carbons (Fsp3) is 0.250. The van der Waals surface area contributed by atoms with E-state index >= 15 is 0 Å². The standard InChI is InChI=1S/C16H14INO5/c1-10-5-7-11(8-6-10)14(19)12-4-3-9-16(17,18(21)22)13(12)15(20)23-2/h3-9,13H,1-2H3. The van der Waals surface area contributed by atoms with Gasteiger partial charge in [0.2, 0.25) is 0 Å². The molecule has 1 aliphatic rings. The lowest BCUT2D eigenvalue weighted by atomic mass is 9.83. The predicted molar refractivity (Wildman–Crippen MR) is 92.0 cm³/mol. The molecule has 0 heterocycles. The van der Waals surface area contributed by atoms with Crippen molar-refractivity contribution in [2.75, 3.05) is 7.11 Å². The van der Waals surface area contributed by atoms with E-state index in [-0.39, 0.29) is 5.57 Å². The lowest BCUT2D eigenvalue weighted by molar-refractivity contribution is -0.522. The summed E-state index contributed by atoms with van der Waals surface area (Å²) in [6, 6.07) is 6.80. The van der Waals surface area contributed by atoms with Gasteiger partial charge in [-0.25, -0.2) is 0 Å². The van der Waals surface area contributed by atoms with Crippen molar-refractivity contribution in [3.8, 4) is 0 Å². The molecule has 6 nitrogen and oxygen atoms in total. The Kier molecular flexibility index (Phi) is 4.98. The Morgan fingerprint density at radius 3 is 2.43 bits per heavy atom. The monoisotopic (exact) mass is 427 g/mol. The number of hydrogen-bond donors (Lipinski definition) is 0. The van der Waals surface area contributed by atoms with Crippen molar-refractivity contribution < 1.29 is 19.2 Å². The molecule has 0 saturated heterocycles. The van der Waals surface area contributed by atoms with Gasteiger partial charge in [-0.1, -0.05) is 42.0 Å². The number of hydrogen-bond acceptors (Lipinski definition) is 5. The van der Waals surface area contributed by atoms with Crippen LogP contribution in [0.1, 0.15) is 15.9 Å². The Morgan fingerprint density at radius 2 is 1.91 bits per heavy atom. The molecule has 0 aromatic heterocycles. The molecule has 0 bridgehead atoms. The van der Waals surface area contributed by atoms with Gasteiger partial charge in [0, 0.05) is 44.7 Å². The highest BCUT2D eigenvalue weighted by atomic mass is 127. The maximum Gasteiger partial charge on any atom is 0.321 e. The summed E-state index contributed by atoms with van der Waals surface area (Å²) in [5.41, 5.74) is 1.40. The van der Waals surface area contributed by atoms with E-state index in [4.69, 9.17) is 4.74 Å². The van der Waals surface area contributed by atoms with Crippen LogP contribution < -0.4 is 0 Å². The molecule has 0 N–H and O–H groups in total. The Labute approximate surface area is 146 Å². The average molecular weight is 427 g/mol. The Morgan fingerprint density at radius 1 is 1.30 bits per heavy atom. The second-order valence-electron chi connectivity index (χ2n) is 5.12. The number of ether oxygens (including phenoxy) is 1. The molecule has 7 heteroatoms. The summed E-state index contributed by atoms with van der Waals surface area (Å²) in [6.45, 7) is 1.89. The molecule has 23 heavy (non-hydrogen) atoms. The van der Waals surface area contributed by atoms with Crippen LogP contribution in [-0.4, -0.2) is 27.3 Å². The zero-order chi connectivity index (χ0) is 17.2. The van der Waals surface area contributed by atoms with E-state index in [1.807, 2.05) is 6.92 Å². The van der Waals surface area contributed by atoms with Crippen LogP contribution in [0.2, 0.25) is 0 Å². The van der Waals surface area contributed by atoms with Crippen LogP contribution in [0.5, 0.6) is 0 Å². The molecule has 1 aromatic rings. The van der Waals surface area contributed by atoms with Gasteiger partial charge in [-0.2, -0.15) is 0 Å². The number of carbonyl (C=O) groups is 2. The smallest absolute Gasteiger partial charge is 0.321 e. The number of aryl methyl sites for hydroxylation is 1. The van der Waals surface area contributed by atoms with Crippen LogP contribution in [0.4, 0.5) is 0 Å². The van der Waals surface area contributed by atoms with E-state index in [2.05, 4.69) is 0 Å². The highest BCUT2D eigenvalue weighted by molar-refractivity contribution is 14.1. The van der Waals surface area contributed by atoms with E-state index in [1.165, 1.54) is 18.2 Å². The van der Waals surface area contributed by atoms with Crippen molar-refractivity contribution in [1.29, 1.82) is 0 Å². The zero-order valence-electron chi connectivity index (χ0n) is 12.5. The molecule has 0 saturated carbocycles. The van der Waals surface area contributed by atoms with Crippen molar-refractivity contribution in [3.63, 3.8) is 0 Å². The lowest BCUT2D eigenvalue weighted by Crippen LogP contribution is -2.46. The number of halogens is 1. The molecule has 2 unspecified atom stereocenters. The van der Waals surface area contributed by atoms with Crippen LogP contribution in [0, 0.1) is 23.0 Å². The van der Waals surface area contributed by atoms with Crippen LogP contribution in [0.15, 0.2) is 48.1 Å². The van der Waals surface area contributed by atoms with E-state index < -0.39 is 26.1 Å². The van der Waals surface area contributed by atoms with E-state index in [1.54, 1.807) is 46.9 Å². The van der Waals surface area contributed by atoms with Gasteiger partial charge in [-0.3, -0.25) is 19.7 Å². The molecule has 0 spiro atoms. The first-order valence-electron chi connectivity index (χ1n) is 6.73. The number of allylic oxidation sites excluding steroid dienone is 2. The number of rotatable bonds is 4. The second kappa shape index (κ2) is 6.61. The molecule has 0 amide bonds. The van der Waals surface area contributed by atoms with Crippen LogP contribution in [0.25, 0.3) is 0 Å². The van der Waals surface area contributed by atoms with Gasteiger partial charge in [-0.15, -0.1) is 0 Å². The number of alkyl halides is 1. The first-order chi connectivity index (χ1) is 10.8. The fourth-order valence-electron chi connectivity index (χ4n) is 2.35. The molecular formula is C16H14INO5. The van der Waals surface area contributed by atoms with Crippen molar-refractivity contribution >= 4 is 34.3 Å². The van der Waals surface area contributed by atoms with E-state index in [0.29, 0.717) is 5.56 Å². The Bertz CT molecular complexity index is 722. The minimum atomic E-state index is -1.75. The summed E-state index contributed by atoms with van der Waals surface area (Å²) in [5, 5.41) is 11.5. The largest absolute Gasteiger partial charge is 0.468 e. The first-order valence-corrected chi connectivity index (χ1v) is 7.81.